The maximum Gasteiger partial charge on any atom is 0.143 e. The van der Waals surface area contributed by atoms with Gasteiger partial charge in [-0.2, -0.15) is 0 Å². The summed E-state index contributed by atoms with van der Waals surface area (Å²) in [6, 6.07) is 16.4. The molecule has 2 aromatic carbocycles. The molecule has 0 unspecified atom stereocenters. The summed E-state index contributed by atoms with van der Waals surface area (Å²) >= 11 is 3.45. The second-order valence-corrected chi connectivity index (χ2v) is 5.35. The van der Waals surface area contributed by atoms with Crippen LogP contribution in [0, 0.1) is 0 Å². The van der Waals surface area contributed by atoms with Crippen LogP contribution in [0.5, 0.6) is 5.75 Å². The minimum atomic E-state index is 0.00741. The number of para-hydroxylation sites is 1. The molecule has 0 amide bonds. The third-order valence-corrected chi connectivity index (χ3v) is 3.69. The monoisotopic (exact) mass is 300 g/mol. The van der Waals surface area contributed by atoms with E-state index < -0.39 is 0 Å². The van der Waals surface area contributed by atoms with Crippen molar-refractivity contribution in [2.75, 3.05) is 0 Å². The second kappa shape index (κ2) is 4.62. The van der Waals surface area contributed by atoms with Gasteiger partial charge in [0.2, 0.25) is 0 Å². The van der Waals surface area contributed by atoms with Gasteiger partial charge in [0.15, 0.2) is 0 Å². The van der Waals surface area contributed by atoms with Gasteiger partial charge in [-0.3, -0.25) is 0 Å². The molecule has 2 aromatic rings. The summed E-state index contributed by atoms with van der Waals surface area (Å²) < 4.78 is 7.12. The first-order chi connectivity index (χ1) is 8.74. The number of benzene rings is 2. The Kier molecular flexibility index (Phi) is 2.96. The molecule has 0 spiro atoms. The van der Waals surface area contributed by atoms with Gasteiger partial charge in [0, 0.05) is 10.0 Å². The summed E-state index contributed by atoms with van der Waals surface area (Å²) in [4.78, 5) is 0. The van der Waals surface area contributed by atoms with E-state index in [0.29, 0.717) is 0 Å². The smallest absolute Gasteiger partial charge is 0.143 e. The van der Waals surface area contributed by atoms with Crippen molar-refractivity contribution in [1.29, 1.82) is 0 Å². The molecule has 1 heterocycles. The number of fused-ring (bicyclic) bond motifs is 1. The van der Waals surface area contributed by atoms with E-state index in [-0.39, 0.29) is 6.10 Å². The number of halogens is 1. The van der Waals surface area contributed by atoms with E-state index in [1.54, 1.807) is 0 Å². The van der Waals surface area contributed by atoms with Crippen molar-refractivity contribution >= 4 is 21.5 Å². The maximum absolute atomic E-state index is 6.04. The summed E-state index contributed by atoms with van der Waals surface area (Å²) in [5.41, 5.74) is 3.63. The molecule has 2 heteroatoms. The molecule has 3 rings (SSSR count). The van der Waals surface area contributed by atoms with Gasteiger partial charge < -0.3 is 4.74 Å². The van der Waals surface area contributed by atoms with Crippen molar-refractivity contribution < 1.29 is 4.74 Å². The Morgan fingerprint density at radius 1 is 1.00 bits per heavy atom. The lowest BCUT2D eigenvalue weighted by molar-refractivity contribution is 0.250. The molecule has 0 fully saturated rings. The summed E-state index contributed by atoms with van der Waals surface area (Å²) in [6.45, 7) is 2.13. The highest BCUT2D eigenvalue weighted by Crippen LogP contribution is 2.36. The fraction of sp³-hybridized carbons (Fsp3) is 0.125. The Hall–Kier alpha value is -1.54. The minimum Gasteiger partial charge on any atom is -0.481 e. The molecule has 90 valence electrons. The highest BCUT2D eigenvalue weighted by atomic mass is 79.9. The number of allylic oxidation sites excluding steroid dienone is 1. The van der Waals surface area contributed by atoms with Crippen molar-refractivity contribution in [3.05, 3.63) is 70.2 Å². The van der Waals surface area contributed by atoms with Gasteiger partial charge in [0.1, 0.15) is 11.9 Å². The fourth-order valence-corrected chi connectivity index (χ4v) is 2.46. The molecule has 0 radical (unpaired) electrons. The normalized spacial score (nSPS) is 17.7. The predicted molar refractivity (Wildman–Crippen MR) is 77.6 cm³/mol. The summed E-state index contributed by atoms with van der Waals surface area (Å²) in [7, 11) is 0. The van der Waals surface area contributed by atoms with Crippen LogP contribution in [-0.2, 0) is 0 Å². The van der Waals surface area contributed by atoms with Gasteiger partial charge in [-0.25, -0.2) is 0 Å². The van der Waals surface area contributed by atoms with E-state index >= 15 is 0 Å². The van der Waals surface area contributed by atoms with Crippen molar-refractivity contribution in [3.63, 3.8) is 0 Å². The molecular weight excluding hydrogens is 288 g/mol. The first-order valence-corrected chi connectivity index (χ1v) is 6.73. The van der Waals surface area contributed by atoms with Gasteiger partial charge >= 0.3 is 0 Å². The molecule has 0 saturated carbocycles. The Bertz CT molecular complexity index is 599. The number of hydrogen-bond donors (Lipinski definition) is 0. The largest absolute Gasteiger partial charge is 0.481 e. The lowest BCUT2D eigenvalue weighted by Crippen LogP contribution is -2.10. The molecular formula is C16H13BrO. The summed E-state index contributed by atoms with van der Waals surface area (Å²) in [6.07, 6.45) is 2.18. The summed E-state index contributed by atoms with van der Waals surface area (Å²) in [5.74, 6) is 0.963. The van der Waals surface area contributed by atoms with Crippen LogP contribution < -0.4 is 4.74 Å². The molecule has 0 bridgehead atoms. The molecule has 1 aliphatic heterocycles. The molecule has 1 aliphatic rings. The lowest BCUT2D eigenvalue weighted by Gasteiger charge is -2.24. The molecule has 0 aliphatic carbocycles. The zero-order chi connectivity index (χ0) is 12.5. The third kappa shape index (κ3) is 2.08. The van der Waals surface area contributed by atoms with E-state index in [0.717, 1.165) is 10.2 Å². The highest BCUT2D eigenvalue weighted by molar-refractivity contribution is 9.10. The second-order valence-electron chi connectivity index (χ2n) is 4.44. The van der Waals surface area contributed by atoms with Crippen LogP contribution in [0.2, 0.25) is 0 Å². The Labute approximate surface area is 115 Å². The average Bonchev–Trinajstić information content (AvgIpc) is 2.39. The third-order valence-electron chi connectivity index (χ3n) is 3.17. The zero-order valence-corrected chi connectivity index (χ0v) is 11.6. The van der Waals surface area contributed by atoms with Gasteiger partial charge in [-0.05, 0) is 42.3 Å². The fourth-order valence-electron chi connectivity index (χ4n) is 2.20. The molecule has 0 aromatic heterocycles. The molecule has 1 atom stereocenters. The van der Waals surface area contributed by atoms with Crippen LogP contribution in [0.3, 0.4) is 0 Å². The zero-order valence-electron chi connectivity index (χ0n) is 10.1. The average molecular weight is 301 g/mol. The van der Waals surface area contributed by atoms with Crippen LogP contribution in [0.4, 0.5) is 0 Å². The van der Waals surface area contributed by atoms with E-state index in [1.807, 2.05) is 30.3 Å². The van der Waals surface area contributed by atoms with Gasteiger partial charge in [-0.1, -0.05) is 46.3 Å². The predicted octanol–water partition coefficient (Wildman–Crippen LogP) is 4.99. The molecule has 0 N–H and O–H groups in total. The van der Waals surface area contributed by atoms with Crippen LogP contribution in [0.25, 0.3) is 5.57 Å². The van der Waals surface area contributed by atoms with Gasteiger partial charge in [0.05, 0.1) is 0 Å². The van der Waals surface area contributed by atoms with Crippen molar-refractivity contribution in [2.24, 2.45) is 0 Å². The molecule has 0 saturated heterocycles. The number of ether oxygens (including phenoxy) is 1. The van der Waals surface area contributed by atoms with Gasteiger partial charge in [0.25, 0.3) is 0 Å². The Morgan fingerprint density at radius 2 is 1.72 bits per heavy atom. The van der Waals surface area contributed by atoms with Gasteiger partial charge in [-0.15, -0.1) is 0 Å². The SMILES string of the molecule is CC1=C[C@H](c2ccc(Br)cc2)Oc2ccccc21. The van der Waals surface area contributed by atoms with E-state index in [9.17, 15) is 0 Å². The standard InChI is InChI=1S/C16H13BrO/c1-11-10-16(12-6-8-13(17)9-7-12)18-15-5-3-2-4-14(11)15/h2-10,16H,1H3/t16-/m1/s1. The lowest BCUT2D eigenvalue weighted by atomic mass is 9.98. The van der Waals surface area contributed by atoms with Crippen LogP contribution in [0.15, 0.2) is 59.1 Å². The first kappa shape index (κ1) is 11.5. The maximum atomic E-state index is 6.04. The number of hydrogen-bond acceptors (Lipinski definition) is 1. The topological polar surface area (TPSA) is 9.23 Å². The van der Waals surface area contributed by atoms with Crippen molar-refractivity contribution in [3.8, 4) is 5.75 Å². The minimum absolute atomic E-state index is 0.00741. The highest BCUT2D eigenvalue weighted by Gasteiger charge is 2.19. The molecule has 18 heavy (non-hydrogen) atoms. The van der Waals surface area contributed by atoms with Crippen LogP contribution in [0.1, 0.15) is 24.2 Å². The number of rotatable bonds is 1. The summed E-state index contributed by atoms with van der Waals surface area (Å²) in [5, 5.41) is 0. The Balaban J connectivity index is 1.99. The van der Waals surface area contributed by atoms with Crippen molar-refractivity contribution in [1.82, 2.24) is 0 Å². The first-order valence-electron chi connectivity index (χ1n) is 5.94. The van der Waals surface area contributed by atoms with Crippen LogP contribution in [-0.4, -0.2) is 0 Å². The van der Waals surface area contributed by atoms with Crippen molar-refractivity contribution in [2.45, 2.75) is 13.0 Å². The van der Waals surface area contributed by atoms with Crippen LogP contribution >= 0.6 is 15.9 Å². The molecule has 1 nitrogen and oxygen atoms in total. The van der Waals surface area contributed by atoms with E-state index in [1.165, 1.54) is 16.7 Å². The van der Waals surface area contributed by atoms with E-state index in [2.05, 4.69) is 47.1 Å². The Morgan fingerprint density at radius 3 is 2.50 bits per heavy atom. The quantitative estimate of drug-likeness (QED) is 0.721. The van der Waals surface area contributed by atoms with E-state index in [4.69, 9.17) is 4.74 Å².